The Morgan fingerprint density at radius 3 is 2.85 bits per heavy atom. The van der Waals surface area contributed by atoms with E-state index in [2.05, 4.69) is 20.3 Å². The number of carbonyl (C=O) groups excluding carboxylic acids is 1. The maximum absolute atomic E-state index is 12.2. The third-order valence-corrected chi connectivity index (χ3v) is 3.79. The zero-order chi connectivity index (χ0) is 14.1. The topological polar surface area (TPSA) is 71.3 Å². The number of carbonyl (C=O) groups is 1. The van der Waals surface area contributed by atoms with Gasteiger partial charge in [0.25, 0.3) is 0 Å². The highest BCUT2D eigenvalue weighted by molar-refractivity contribution is 6.42. The second-order valence-corrected chi connectivity index (χ2v) is 5.20. The fraction of sp³-hybridized carbons (Fsp3) is 0.250. The lowest BCUT2D eigenvalue weighted by molar-refractivity contribution is 0.205. The summed E-state index contributed by atoms with van der Waals surface area (Å²) < 4.78 is 4.65. The van der Waals surface area contributed by atoms with Crippen molar-refractivity contribution >= 4 is 34.9 Å². The summed E-state index contributed by atoms with van der Waals surface area (Å²) in [6.45, 7) is 0.945. The summed E-state index contributed by atoms with van der Waals surface area (Å²) in [7, 11) is 0. The summed E-state index contributed by atoms with van der Waals surface area (Å²) in [6.07, 6.45) is 0.633. The summed E-state index contributed by atoms with van der Waals surface area (Å²) in [5, 5.41) is 11.2. The van der Waals surface area contributed by atoms with Crippen LogP contribution in [0.25, 0.3) is 0 Å². The van der Waals surface area contributed by atoms with Crippen molar-refractivity contribution in [2.75, 3.05) is 11.9 Å². The third-order valence-electron chi connectivity index (χ3n) is 3.05. The van der Waals surface area contributed by atoms with Crippen molar-refractivity contribution in [2.24, 2.45) is 0 Å². The molecule has 104 valence electrons. The molecule has 0 aliphatic carbocycles. The minimum Gasteiger partial charge on any atom is -0.318 e. The molecule has 2 heterocycles. The molecule has 1 aromatic carbocycles. The number of halogens is 2. The molecule has 0 unspecified atom stereocenters. The zero-order valence-corrected chi connectivity index (χ0v) is 11.8. The van der Waals surface area contributed by atoms with Gasteiger partial charge in [-0.15, -0.1) is 0 Å². The van der Waals surface area contributed by atoms with Crippen LogP contribution in [0.15, 0.2) is 22.8 Å². The number of nitrogens with one attached hydrogen (secondary N) is 1. The largest absolute Gasteiger partial charge is 0.322 e. The minimum absolute atomic E-state index is 0.225. The van der Waals surface area contributed by atoms with E-state index in [0.29, 0.717) is 40.9 Å². The van der Waals surface area contributed by atoms with Gasteiger partial charge < -0.3 is 10.2 Å². The zero-order valence-electron chi connectivity index (χ0n) is 10.3. The van der Waals surface area contributed by atoms with Gasteiger partial charge in [0.2, 0.25) is 0 Å². The number of benzene rings is 1. The van der Waals surface area contributed by atoms with Gasteiger partial charge in [0.05, 0.1) is 16.6 Å². The summed E-state index contributed by atoms with van der Waals surface area (Å²) in [4.78, 5) is 13.8. The van der Waals surface area contributed by atoms with E-state index in [1.54, 1.807) is 23.1 Å². The Morgan fingerprint density at radius 1 is 1.25 bits per heavy atom. The number of urea groups is 1. The quantitative estimate of drug-likeness (QED) is 0.878. The molecule has 2 amide bonds. The van der Waals surface area contributed by atoms with Crippen LogP contribution in [0.4, 0.5) is 10.5 Å². The molecular formula is C12H10Cl2N4O2. The average Bonchev–Trinajstić information content (AvgIpc) is 2.90. The number of amides is 2. The van der Waals surface area contributed by atoms with Gasteiger partial charge in [0.15, 0.2) is 0 Å². The summed E-state index contributed by atoms with van der Waals surface area (Å²) >= 11 is 11.7. The molecule has 8 heteroatoms. The molecule has 0 saturated carbocycles. The Bertz CT molecular complexity index is 659. The van der Waals surface area contributed by atoms with Gasteiger partial charge >= 0.3 is 6.03 Å². The lowest BCUT2D eigenvalue weighted by atomic mass is 10.1. The van der Waals surface area contributed by atoms with Crippen molar-refractivity contribution in [3.8, 4) is 0 Å². The first kappa shape index (κ1) is 13.2. The Labute approximate surface area is 124 Å². The predicted molar refractivity (Wildman–Crippen MR) is 73.9 cm³/mol. The molecule has 0 saturated heterocycles. The number of rotatable bonds is 1. The lowest BCUT2D eigenvalue weighted by Gasteiger charge is -2.25. The minimum atomic E-state index is -0.225. The summed E-state index contributed by atoms with van der Waals surface area (Å²) in [5.74, 6) is 0. The standard InChI is InChI=1S/C12H10Cl2N4O2/c13-8-2-1-7(5-9(8)14)15-12(19)18-4-3-10-11(6-18)17-20-16-10/h1-2,5H,3-4,6H2,(H,15,19). The van der Waals surface area contributed by atoms with E-state index in [1.165, 1.54) is 0 Å². The Kier molecular flexibility index (Phi) is 3.50. The molecule has 0 bridgehead atoms. The summed E-state index contributed by atoms with van der Waals surface area (Å²) in [5.41, 5.74) is 2.10. The molecular weight excluding hydrogens is 303 g/mol. The van der Waals surface area contributed by atoms with Gasteiger partial charge in [-0.05, 0) is 18.2 Å². The second kappa shape index (κ2) is 5.30. The molecule has 1 aliphatic heterocycles. The van der Waals surface area contributed by atoms with Crippen LogP contribution in [0.1, 0.15) is 11.4 Å². The first-order valence-corrected chi connectivity index (χ1v) is 6.70. The van der Waals surface area contributed by atoms with E-state index < -0.39 is 0 Å². The van der Waals surface area contributed by atoms with Gasteiger partial charge in [0, 0.05) is 18.7 Å². The van der Waals surface area contributed by atoms with Crippen LogP contribution < -0.4 is 5.32 Å². The van der Waals surface area contributed by atoms with Crippen LogP contribution in [0, 0.1) is 0 Å². The van der Waals surface area contributed by atoms with E-state index in [4.69, 9.17) is 23.2 Å². The lowest BCUT2D eigenvalue weighted by Crippen LogP contribution is -2.38. The van der Waals surface area contributed by atoms with Crippen molar-refractivity contribution in [3.05, 3.63) is 39.6 Å². The van der Waals surface area contributed by atoms with Gasteiger partial charge in [-0.25, -0.2) is 9.42 Å². The van der Waals surface area contributed by atoms with Crippen LogP contribution >= 0.6 is 23.2 Å². The monoisotopic (exact) mass is 312 g/mol. The molecule has 0 radical (unpaired) electrons. The van der Waals surface area contributed by atoms with Crippen molar-refractivity contribution in [1.82, 2.24) is 15.2 Å². The summed E-state index contributed by atoms with van der Waals surface area (Å²) in [6, 6.07) is 4.71. The van der Waals surface area contributed by atoms with Crippen LogP contribution in [0.2, 0.25) is 10.0 Å². The van der Waals surface area contributed by atoms with Crippen molar-refractivity contribution < 1.29 is 9.42 Å². The molecule has 1 aromatic heterocycles. The molecule has 0 atom stereocenters. The molecule has 0 fully saturated rings. The van der Waals surface area contributed by atoms with Crippen LogP contribution in [0.5, 0.6) is 0 Å². The van der Waals surface area contributed by atoms with Crippen molar-refractivity contribution in [2.45, 2.75) is 13.0 Å². The van der Waals surface area contributed by atoms with E-state index in [-0.39, 0.29) is 6.03 Å². The molecule has 2 aromatic rings. The normalized spacial score (nSPS) is 14.0. The van der Waals surface area contributed by atoms with Gasteiger partial charge in [-0.3, -0.25) is 0 Å². The number of hydrogen-bond donors (Lipinski definition) is 1. The highest BCUT2D eigenvalue weighted by atomic mass is 35.5. The van der Waals surface area contributed by atoms with Crippen molar-refractivity contribution in [3.63, 3.8) is 0 Å². The molecule has 1 N–H and O–H groups in total. The molecule has 3 rings (SSSR count). The van der Waals surface area contributed by atoms with Gasteiger partial charge in [-0.1, -0.05) is 33.5 Å². The van der Waals surface area contributed by atoms with Crippen LogP contribution in [-0.4, -0.2) is 27.8 Å². The van der Waals surface area contributed by atoms with E-state index in [1.807, 2.05) is 0 Å². The average molecular weight is 313 g/mol. The highest BCUT2D eigenvalue weighted by Gasteiger charge is 2.24. The van der Waals surface area contributed by atoms with E-state index in [0.717, 1.165) is 5.69 Å². The Hall–Kier alpha value is -1.79. The number of fused-ring (bicyclic) bond motifs is 1. The SMILES string of the molecule is O=C(Nc1ccc(Cl)c(Cl)c1)N1CCc2nonc2C1. The fourth-order valence-corrected chi connectivity index (χ4v) is 2.28. The van der Waals surface area contributed by atoms with Crippen LogP contribution in [0.3, 0.4) is 0 Å². The first-order valence-electron chi connectivity index (χ1n) is 5.95. The number of anilines is 1. The van der Waals surface area contributed by atoms with E-state index in [9.17, 15) is 4.79 Å². The number of aromatic nitrogens is 2. The third kappa shape index (κ3) is 2.57. The van der Waals surface area contributed by atoms with E-state index >= 15 is 0 Å². The number of hydrogen-bond acceptors (Lipinski definition) is 4. The molecule has 1 aliphatic rings. The first-order chi connectivity index (χ1) is 9.63. The predicted octanol–water partition coefficient (Wildman–Crippen LogP) is 2.97. The second-order valence-electron chi connectivity index (χ2n) is 4.39. The number of nitrogens with zero attached hydrogens (tertiary/aromatic N) is 3. The smallest absolute Gasteiger partial charge is 0.318 e. The van der Waals surface area contributed by atoms with Crippen molar-refractivity contribution in [1.29, 1.82) is 0 Å². The fourth-order valence-electron chi connectivity index (χ4n) is 1.98. The van der Waals surface area contributed by atoms with Gasteiger partial charge in [-0.2, -0.15) is 0 Å². The maximum Gasteiger partial charge on any atom is 0.322 e. The maximum atomic E-state index is 12.2. The Morgan fingerprint density at radius 2 is 2.05 bits per heavy atom. The van der Waals surface area contributed by atoms with Gasteiger partial charge in [0.1, 0.15) is 11.4 Å². The Balaban J connectivity index is 1.69. The molecule has 6 nitrogen and oxygen atoms in total. The molecule has 20 heavy (non-hydrogen) atoms. The molecule has 0 spiro atoms. The highest BCUT2D eigenvalue weighted by Crippen LogP contribution is 2.25. The van der Waals surface area contributed by atoms with Crippen LogP contribution in [-0.2, 0) is 13.0 Å².